The van der Waals surface area contributed by atoms with Crippen LogP contribution in [0.4, 0.5) is 0 Å². The van der Waals surface area contributed by atoms with Crippen LogP contribution in [0.2, 0.25) is 0 Å². The van der Waals surface area contributed by atoms with Gasteiger partial charge in [-0.2, -0.15) is 0 Å². The number of esters is 1. The van der Waals surface area contributed by atoms with Crippen LogP contribution >= 0.6 is 0 Å². The fourth-order valence-electron chi connectivity index (χ4n) is 0.719. The van der Waals surface area contributed by atoms with Gasteiger partial charge in [0.15, 0.2) is 0 Å². The topological polar surface area (TPSA) is 38.3 Å². The van der Waals surface area contributed by atoms with Gasteiger partial charge in [-0.15, -0.1) is 0 Å². The van der Waals surface area contributed by atoms with Crippen molar-refractivity contribution < 1.29 is 9.53 Å². The minimum absolute atomic E-state index is 0.178. The van der Waals surface area contributed by atoms with Crippen molar-refractivity contribution in [3.8, 4) is 0 Å². The molecule has 0 saturated carbocycles. The molecular weight excluding hydrogens is 142 g/mol. The van der Waals surface area contributed by atoms with Crippen LogP contribution in [0.5, 0.6) is 0 Å². The van der Waals surface area contributed by atoms with E-state index in [4.69, 9.17) is 0 Å². The largest absolute Gasteiger partial charge is 0.469 e. The summed E-state index contributed by atoms with van der Waals surface area (Å²) < 4.78 is 4.48. The maximum Gasteiger partial charge on any atom is 0.305 e. The third-order valence-corrected chi connectivity index (χ3v) is 1.34. The van der Waals surface area contributed by atoms with Gasteiger partial charge in [0.1, 0.15) is 0 Å². The van der Waals surface area contributed by atoms with Crippen LogP contribution < -0.4 is 5.32 Å². The van der Waals surface area contributed by atoms with Crippen LogP contribution in [0.3, 0.4) is 0 Å². The molecule has 0 fully saturated rings. The van der Waals surface area contributed by atoms with Gasteiger partial charge in [-0.1, -0.05) is 12.2 Å². The number of hydrogen-bond acceptors (Lipinski definition) is 3. The molecule has 3 heteroatoms. The smallest absolute Gasteiger partial charge is 0.305 e. The summed E-state index contributed by atoms with van der Waals surface area (Å²) in [6.45, 7) is 4.54. The van der Waals surface area contributed by atoms with Gasteiger partial charge < -0.3 is 10.1 Å². The fourth-order valence-corrected chi connectivity index (χ4v) is 0.719. The van der Waals surface area contributed by atoms with Crippen LogP contribution in [-0.4, -0.2) is 26.7 Å². The molecule has 0 bridgehead atoms. The molecule has 0 atom stereocenters. The zero-order valence-electron chi connectivity index (χ0n) is 7.14. The van der Waals surface area contributed by atoms with Gasteiger partial charge in [-0.25, -0.2) is 0 Å². The molecule has 0 unspecified atom stereocenters. The van der Waals surface area contributed by atoms with Crippen molar-refractivity contribution in [2.45, 2.75) is 12.8 Å². The average Bonchev–Trinajstić information content (AvgIpc) is 2.01. The maximum atomic E-state index is 10.6. The number of ether oxygens (including phenoxy) is 1. The predicted octanol–water partition coefficient (Wildman–Crippen LogP) is 0.715. The first-order valence-electron chi connectivity index (χ1n) is 3.58. The van der Waals surface area contributed by atoms with Crippen molar-refractivity contribution in [1.82, 2.24) is 5.32 Å². The van der Waals surface area contributed by atoms with Gasteiger partial charge in [-0.3, -0.25) is 4.79 Å². The van der Waals surface area contributed by atoms with Crippen molar-refractivity contribution in [3.05, 3.63) is 12.2 Å². The summed E-state index contributed by atoms with van der Waals surface area (Å²) in [5.41, 5.74) is 1.03. The molecule has 0 rings (SSSR count). The lowest BCUT2D eigenvalue weighted by molar-refractivity contribution is -0.140. The molecule has 0 aliphatic carbocycles. The fraction of sp³-hybridized carbons (Fsp3) is 0.625. The van der Waals surface area contributed by atoms with Crippen LogP contribution in [0.15, 0.2) is 12.2 Å². The van der Waals surface area contributed by atoms with E-state index >= 15 is 0 Å². The van der Waals surface area contributed by atoms with Gasteiger partial charge in [0.2, 0.25) is 0 Å². The zero-order chi connectivity index (χ0) is 8.69. The third-order valence-electron chi connectivity index (χ3n) is 1.34. The summed E-state index contributed by atoms with van der Waals surface area (Å²) in [7, 11) is 3.24. The Hall–Kier alpha value is -0.830. The van der Waals surface area contributed by atoms with E-state index in [1.165, 1.54) is 7.11 Å². The van der Waals surface area contributed by atoms with E-state index in [9.17, 15) is 4.79 Å². The number of carbonyl (C=O) groups excluding carboxylic acids is 1. The summed E-state index contributed by atoms with van der Waals surface area (Å²) in [6, 6.07) is 0. The number of carbonyl (C=O) groups is 1. The number of hydrogen-bond donors (Lipinski definition) is 1. The zero-order valence-corrected chi connectivity index (χ0v) is 7.14. The normalized spacial score (nSPS) is 9.27. The van der Waals surface area contributed by atoms with Crippen LogP contribution in [-0.2, 0) is 9.53 Å². The van der Waals surface area contributed by atoms with E-state index in [1.807, 2.05) is 7.05 Å². The van der Waals surface area contributed by atoms with Crippen LogP contribution in [0.1, 0.15) is 12.8 Å². The lowest BCUT2D eigenvalue weighted by Crippen LogP contribution is -2.11. The molecule has 0 heterocycles. The van der Waals surface area contributed by atoms with E-state index in [0.717, 1.165) is 12.1 Å². The molecule has 0 aromatic heterocycles. The first-order chi connectivity index (χ1) is 5.20. The second kappa shape index (κ2) is 5.92. The monoisotopic (exact) mass is 157 g/mol. The molecule has 1 N–H and O–H groups in total. The lowest BCUT2D eigenvalue weighted by atomic mass is 10.2. The van der Waals surface area contributed by atoms with Crippen LogP contribution in [0, 0.1) is 0 Å². The highest BCUT2D eigenvalue weighted by molar-refractivity contribution is 5.69. The van der Waals surface area contributed by atoms with E-state index in [1.54, 1.807) is 0 Å². The van der Waals surface area contributed by atoms with Gasteiger partial charge in [0.05, 0.1) is 7.11 Å². The average molecular weight is 157 g/mol. The van der Waals surface area contributed by atoms with E-state index in [-0.39, 0.29) is 5.97 Å². The Kier molecular flexibility index (Phi) is 5.47. The SMILES string of the molecule is C=C(CCC(=O)OC)CNC. The summed E-state index contributed by atoms with van der Waals surface area (Å²) in [6.07, 6.45) is 1.13. The van der Waals surface area contributed by atoms with Crippen molar-refractivity contribution >= 4 is 5.97 Å². The number of nitrogens with one attached hydrogen (secondary N) is 1. The molecule has 0 aliphatic rings. The Morgan fingerprint density at radius 3 is 2.64 bits per heavy atom. The molecule has 0 aliphatic heterocycles. The van der Waals surface area contributed by atoms with Gasteiger partial charge in [0.25, 0.3) is 0 Å². The Labute approximate surface area is 67.4 Å². The molecule has 0 radical (unpaired) electrons. The van der Waals surface area contributed by atoms with Gasteiger partial charge in [0, 0.05) is 13.0 Å². The number of rotatable bonds is 5. The summed E-state index contributed by atoms with van der Waals surface area (Å²) >= 11 is 0. The first kappa shape index (κ1) is 10.2. The Bertz CT molecular complexity index is 143. The number of likely N-dealkylation sites (N-methyl/N-ethyl adjacent to an activating group) is 1. The molecule has 64 valence electrons. The highest BCUT2D eigenvalue weighted by Crippen LogP contribution is 2.01. The van der Waals surface area contributed by atoms with E-state index < -0.39 is 0 Å². The molecule has 0 amide bonds. The molecule has 0 spiro atoms. The van der Waals surface area contributed by atoms with Crippen LogP contribution in [0.25, 0.3) is 0 Å². The van der Waals surface area contributed by atoms with E-state index in [0.29, 0.717) is 12.8 Å². The Balaban J connectivity index is 3.38. The molecule has 0 aromatic carbocycles. The third kappa shape index (κ3) is 5.61. The maximum absolute atomic E-state index is 10.6. The highest BCUT2D eigenvalue weighted by Gasteiger charge is 2.00. The minimum Gasteiger partial charge on any atom is -0.469 e. The molecular formula is C8H15NO2. The van der Waals surface area contributed by atoms with Crippen molar-refractivity contribution in [2.24, 2.45) is 0 Å². The van der Waals surface area contributed by atoms with Crippen molar-refractivity contribution in [3.63, 3.8) is 0 Å². The Morgan fingerprint density at radius 2 is 2.18 bits per heavy atom. The summed E-state index contributed by atoms with van der Waals surface area (Å²) in [5.74, 6) is -0.178. The van der Waals surface area contributed by atoms with Gasteiger partial charge in [-0.05, 0) is 13.5 Å². The molecule has 3 nitrogen and oxygen atoms in total. The quantitative estimate of drug-likeness (QED) is 0.472. The standard InChI is InChI=1S/C8H15NO2/c1-7(6-9-2)4-5-8(10)11-3/h9H,1,4-6H2,2-3H3. The highest BCUT2D eigenvalue weighted by atomic mass is 16.5. The van der Waals surface area contributed by atoms with Crippen molar-refractivity contribution in [1.29, 1.82) is 0 Å². The minimum atomic E-state index is -0.178. The summed E-state index contributed by atoms with van der Waals surface area (Å²) in [4.78, 5) is 10.6. The molecule has 0 aromatic rings. The number of methoxy groups -OCH3 is 1. The second-order valence-corrected chi connectivity index (χ2v) is 2.36. The second-order valence-electron chi connectivity index (χ2n) is 2.36. The lowest BCUT2D eigenvalue weighted by Gasteiger charge is -2.02. The van der Waals surface area contributed by atoms with Gasteiger partial charge >= 0.3 is 5.97 Å². The predicted molar refractivity (Wildman–Crippen MR) is 44.3 cm³/mol. The van der Waals surface area contributed by atoms with E-state index in [2.05, 4.69) is 16.6 Å². The van der Waals surface area contributed by atoms with Crippen molar-refractivity contribution in [2.75, 3.05) is 20.7 Å². The Morgan fingerprint density at radius 1 is 1.55 bits per heavy atom. The summed E-state index contributed by atoms with van der Waals surface area (Å²) in [5, 5.41) is 2.96. The molecule has 0 saturated heterocycles. The molecule has 11 heavy (non-hydrogen) atoms. The first-order valence-corrected chi connectivity index (χ1v) is 3.58.